The van der Waals surface area contributed by atoms with E-state index in [1.54, 1.807) is 6.20 Å². The minimum Gasteiger partial charge on any atom is -0.388 e. The zero-order valence-electron chi connectivity index (χ0n) is 11.0. The lowest BCUT2D eigenvalue weighted by Crippen LogP contribution is -2.37. The number of thiocarbonyl (C=S) groups is 1. The van der Waals surface area contributed by atoms with Gasteiger partial charge in [0.25, 0.3) is 0 Å². The third kappa shape index (κ3) is 2.79. The topological polar surface area (TPSA) is 45.4 Å². The second kappa shape index (κ2) is 5.63. The SMILES string of the molecule is CN(CC1CCCN1C)c1cccnc1C(N)=S. The summed E-state index contributed by atoms with van der Waals surface area (Å²) in [5.41, 5.74) is 7.46. The summed E-state index contributed by atoms with van der Waals surface area (Å²) in [6.07, 6.45) is 4.27. The van der Waals surface area contributed by atoms with Gasteiger partial charge < -0.3 is 15.5 Å². The standard InChI is InChI=1S/C13H20N4S/c1-16-8-4-5-10(16)9-17(2)11-6-3-7-15-12(11)13(14)18/h3,6-7,10H,4-5,8-9H2,1-2H3,(H2,14,18). The summed E-state index contributed by atoms with van der Waals surface area (Å²) in [5, 5.41) is 0. The Morgan fingerprint density at radius 3 is 3.06 bits per heavy atom. The zero-order chi connectivity index (χ0) is 13.1. The molecule has 5 heteroatoms. The van der Waals surface area contributed by atoms with Crippen LogP contribution in [-0.4, -0.2) is 48.1 Å². The molecule has 2 N–H and O–H groups in total. The number of likely N-dealkylation sites (tertiary alicyclic amines) is 1. The maximum atomic E-state index is 5.72. The first kappa shape index (κ1) is 13.2. The van der Waals surface area contributed by atoms with Gasteiger partial charge in [-0.3, -0.25) is 4.98 Å². The van der Waals surface area contributed by atoms with Crippen LogP contribution in [-0.2, 0) is 0 Å². The number of anilines is 1. The van der Waals surface area contributed by atoms with Gasteiger partial charge in [0.1, 0.15) is 10.7 Å². The number of pyridine rings is 1. The van der Waals surface area contributed by atoms with Gasteiger partial charge in [-0.25, -0.2) is 0 Å². The van der Waals surface area contributed by atoms with E-state index in [2.05, 4.69) is 28.9 Å². The summed E-state index contributed by atoms with van der Waals surface area (Å²) in [6, 6.07) is 4.55. The maximum Gasteiger partial charge on any atom is 0.124 e. The van der Waals surface area contributed by atoms with Crippen molar-refractivity contribution in [3.8, 4) is 0 Å². The Morgan fingerprint density at radius 2 is 2.44 bits per heavy atom. The van der Waals surface area contributed by atoms with Crippen molar-refractivity contribution < 1.29 is 0 Å². The molecule has 2 rings (SSSR count). The van der Waals surface area contributed by atoms with Crippen LogP contribution in [0.25, 0.3) is 0 Å². The Balaban J connectivity index is 2.13. The van der Waals surface area contributed by atoms with E-state index in [9.17, 15) is 0 Å². The van der Waals surface area contributed by atoms with Crippen molar-refractivity contribution in [1.82, 2.24) is 9.88 Å². The molecular formula is C13H20N4S. The third-order valence-electron chi connectivity index (χ3n) is 3.59. The summed E-state index contributed by atoms with van der Waals surface area (Å²) in [5.74, 6) is 0. The molecule has 0 spiro atoms. The van der Waals surface area contributed by atoms with Gasteiger partial charge in [0.05, 0.1) is 5.69 Å². The zero-order valence-corrected chi connectivity index (χ0v) is 11.8. The van der Waals surface area contributed by atoms with Crippen molar-refractivity contribution in [2.75, 3.05) is 32.1 Å². The van der Waals surface area contributed by atoms with Crippen LogP contribution in [0.2, 0.25) is 0 Å². The highest BCUT2D eigenvalue weighted by Gasteiger charge is 2.23. The molecule has 0 aromatic carbocycles. The number of likely N-dealkylation sites (N-methyl/N-ethyl adjacent to an activating group) is 2. The molecule has 2 heterocycles. The number of nitrogens with two attached hydrogens (primary N) is 1. The molecule has 1 atom stereocenters. The van der Waals surface area contributed by atoms with Crippen LogP contribution in [0.3, 0.4) is 0 Å². The van der Waals surface area contributed by atoms with Crippen molar-refractivity contribution in [2.45, 2.75) is 18.9 Å². The minimum absolute atomic E-state index is 0.359. The highest BCUT2D eigenvalue weighted by molar-refractivity contribution is 7.80. The van der Waals surface area contributed by atoms with Crippen LogP contribution in [0, 0.1) is 0 Å². The van der Waals surface area contributed by atoms with Gasteiger partial charge in [-0.15, -0.1) is 0 Å². The van der Waals surface area contributed by atoms with E-state index in [4.69, 9.17) is 18.0 Å². The Bertz CT molecular complexity index is 435. The lowest BCUT2D eigenvalue weighted by molar-refractivity contribution is 0.314. The van der Waals surface area contributed by atoms with Gasteiger partial charge in [0.2, 0.25) is 0 Å². The molecule has 0 amide bonds. The first-order chi connectivity index (χ1) is 8.59. The molecule has 1 saturated heterocycles. The third-order valence-corrected chi connectivity index (χ3v) is 3.78. The van der Waals surface area contributed by atoms with E-state index in [0.717, 1.165) is 17.9 Å². The van der Waals surface area contributed by atoms with E-state index in [1.165, 1.54) is 19.4 Å². The minimum atomic E-state index is 0.359. The van der Waals surface area contributed by atoms with Crippen molar-refractivity contribution in [2.24, 2.45) is 5.73 Å². The molecule has 1 aromatic rings. The van der Waals surface area contributed by atoms with Crippen LogP contribution >= 0.6 is 12.2 Å². The lowest BCUT2D eigenvalue weighted by Gasteiger charge is -2.28. The molecular weight excluding hydrogens is 244 g/mol. The first-order valence-electron chi connectivity index (χ1n) is 6.26. The molecule has 1 aliphatic heterocycles. The largest absolute Gasteiger partial charge is 0.388 e. The van der Waals surface area contributed by atoms with E-state index < -0.39 is 0 Å². The van der Waals surface area contributed by atoms with E-state index in [-0.39, 0.29) is 0 Å². The predicted octanol–water partition coefficient (Wildman–Crippen LogP) is 1.25. The summed E-state index contributed by atoms with van der Waals surface area (Å²) in [4.78, 5) is 9.24. The number of aromatic nitrogens is 1. The Hall–Kier alpha value is -1.20. The molecule has 1 unspecified atom stereocenters. The molecule has 1 aliphatic rings. The number of hydrogen-bond acceptors (Lipinski definition) is 4. The molecule has 18 heavy (non-hydrogen) atoms. The molecule has 98 valence electrons. The normalized spacial score (nSPS) is 20.0. The van der Waals surface area contributed by atoms with Crippen LogP contribution in [0.5, 0.6) is 0 Å². The summed E-state index contributed by atoms with van der Waals surface area (Å²) in [7, 11) is 4.26. The summed E-state index contributed by atoms with van der Waals surface area (Å²) in [6.45, 7) is 2.17. The van der Waals surface area contributed by atoms with Crippen molar-refractivity contribution in [3.05, 3.63) is 24.0 Å². The molecule has 1 fully saturated rings. The number of hydrogen-bond donors (Lipinski definition) is 1. The fourth-order valence-electron chi connectivity index (χ4n) is 2.52. The van der Waals surface area contributed by atoms with Crippen molar-refractivity contribution >= 4 is 22.9 Å². The maximum absolute atomic E-state index is 5.72. The first-order valence-corrected chi connectivity index (χ1v) is 6.66. The fourth-order valence-corrected chi connectivity index (χ4v) is 2.68. The number of nitrogens with zero attached hydrogens (tertiary/aromatic N) is 3. The molecule has 0 bridgehead atoms. The Labute approximate surface area is 114 Å². The second-order valence-electron chi connectivity index (χ2n) is 4.89. The molecule has 0 radical (unpaired) electrons. The van der Waals surface area contributed by atoms with Gasteiger partial charge in [-0.1, -0.05) is 12.2 Å². The van der Waals surface area contributed by atoms with Gasteiger partial charge in [0, 0.05) is 25.8 Å². The van der Waals surface area contributed by atoms with Gasteiger partial charge in [0.15, 0.2) is 0 Å². The van der Waals surface area contributed by atoms with Gasteiger partial charge in [-0.05, 0) is 38.6 Å². The molecule has 1 aromatic heterocycles. The second-order valence-corrected chi connectivity index (χ2v) is 5.33. The quantitative estimate of drug-likeness (QED) is 0.829. The number of rotatable bonds is 4. The van der Waals surface area contributed by atoms with Crippen molar-refractivity contribution in [3.63, 3.8) is 0 Å². The monoisotopic (exact) mass is 264 g/mol. The van der Waals surface area contributed by atoms with Crippen LogP contribution in [0.4, 0.5) is 5.69 Å². The van der Waals surface area contributed by atoms with E-state index in [1.807, 2.05) is 12.1 Å². The molecule has 0 saturated carbocycles. The summed E-state index contributed by atoms with van der Waals surface area (Å²) >= 11 is 5.05. The highest BCUT2D eigenvalue weighted by Crippen LogP contribution is 2.21. The van der Waals surface area contributed by atoms with Gasteiger partial charge >= 0.3 is 0 Å². The molecule has 4 nitrogen and oxygen atoms in total. The molecule has 0 aliphatic carbocycles. The lowest BCUT2D eigenvalue weighted by atomic mass is 10.2. The van der Waals surface area contributed by atoms with E-state index >= 15 is 0 Å². The van der Waals surface area contributed by atoms with Gasteiger partial charge in [-0.2, -0.15) is 0 Å². The Morgan fingerprint density at radius 1 is 1.67 bits per heavy atom. The smallest absolute Gasteiger partial charge is 0.124 e. The Kier molecular flexibility index (Phi) is 4.14. The average molecular weight is 264 g/mol. The van der Waals surface area contributed by atoms with Crippen LogP contribution in [0.15, 0.2) is 18.3 Å². The highest BCUT2D eigenvalue weighted by atomic mass is 32.1. The average Bonchev–Trinajstić information content (AvgIpc) is 2.75. The van der Waals surface area contributed by atoms with Crippen LogP contribution in [0.1, 0.15) is 18.5 Å². The van der Waals surface area contributed by atoms with Crippen LogP contribution < -0.4 is 10.6 Å². The van der Waals surface area contributed by atoms with Crippen molar-refractivity contribution in [1.29, 1.82) is 0 Å². The predicted molar refractivity (Wildman–Crippen MR) is 79.0 cm³/mol. The van der Waals surface area contributed by atoms with E-state index in [0.29, 0.717) is 11.0 Å². The summed E-state index contributed by atoms with van der Waals surface area (Å²) < 4.78 is 0. The fraction of sp³-hybridized carbons (Fsp3) is 0.538.